The number of methoxy groups -OCH3 is 1. The van der Waals surface area contributed by atoms with Crippen LogP contribution in [0.2, 0.25) is 0 Å². The van der Waals surface area contributed by atoms with Gasteiger partial charge in [-0.25, -0.2) is 0 Å². The molecular formula is C14H18O3S. The predicted octanol–water partition coefficient (Wildman–Crippen LogP) is 3.32. The number of unbranched alkanes of at least 4 members (excludes halogenated alkanes) is 1. The Balaban J connectivity index is 2.38. The molecule has 0 fully saturated rings. The van der Waals surface area contributed by atoms with Gasteiger partial charge in [-0.15, -0.1) is 11.8 Å². The molecule has 18 heavy (non-hydrogen) atoms. The average molecular weight is 266 g/mol. The number of hydrogen-bond donors (Lipinski definition) is 0. The third kappa shape index (κ3) is 4.92. The van der Waals surface area contributed by atoms with Crippen molar-refractivity contribution in [2.45, 2.75) is 30.6 Å². The normalized spacial score (nSPS) is 10.1. The van der Waals surface area contributed by atoms with Crippen molar-refractivity contribution in [1.82, 2.24) is 0 Å². The topological polar surface area (TPSA) is 43.4 Å². The van der Waals surface area contributed by atoms with Crippen molar-refractivity contribution in [1.29, 1.82) is 0 Å². The SMILES string of the molecule is COC(=O)CCCCC(=O)c1cccc(SC)c1. The molecule has 0 unspecified atom stereocenters. The van der Waals surface area contributed by atoms with E-state index in [-0.39, 0.29) is 11.8 Å². The van der Waals surface area contributed by atoms with Crippen molar-refractivity contribution in [3.05, 3.63) is 29.8 Å². The molecule has 0 atom stereocenters. The smallest absolute Gasteiger partial charge is 0.305 e. The van der Waals surface area contributed by atoms with Gasteiger partial charge in [0.1, 0.15) is 0 Å². The number of hydrogen-bond acceptors (Lipinski definition) is 4. The molecule has 1 aromatic carbocycles. The first kappa shape index (κ1) is 14.8. The summed E-state index contributed by atoms with van der Waals surface area (Å²) in [6.07, 6.45) is 4.27. The summed E-state index contributed by atoms with van der Waals surface area (Å²) >= 11 is 1.62. The number of Topliss-reactive ketones (excluding diaryl/α,β-unsaturated/α-hetero) is 1. The maximum absolute atomic E-state index is 11.9. The monoisotopic (exact) mass is 266 g/mol. The van der Waals surface area contributed by atoms with Crippen LogP contribution in [0, 0.1) is 0 Å². The van der Waals surface area contributed by atoms with E-state index in [9.17, 15) is 9.59 Å². The molecule has 4 heteroatoms. The molecule has 1 rings (SSSR count). The lowest BCUT2D eigenvalue weighted by Gasteiger charge is -2.03. The summed E-state index contributed by atoms with van der Waals surface area (Å²) in [5, 5.41) is 0. The minimum Gasteiger partial charge on any atom is -0.469 e. The van der Waals surface area contributed by atoms with Gasteiger partial charge in [-0.2, -0.15) is 0 Å². The Morgan fingerprint density at radius 1 is 1.22 bits per heavy atom. The molecule has 1 aromatic rings. The van der Waals surface area contributed by atoms with Gasteiger partial charge in [0.05, 0.1) is 7.11 Å². The van der Waals surface area contributed by atoms with Crippen LogP contribution in [0.25, 0.3) is 0 Å². The van der Waals surface area contributed by atoms with Crippen LogP contribution in [0.5, 0.6) is 0 Å². The van der Waals surface area contributed by atoms with E-state index in [1.807, 2.05) is 30.5 Å². The molecule has 0 aliphatic carbocycles. The zero-order chi connectivity index (χ0) is 13.4. The highest BCUT2D eigenvalue weighted by Gasteiger charge is 2.07. The molecule has 0 saturated heterocycles. The summed E-state index contributed by atoms with van der Waals surface area (Å²) in [6, 6.07) is 7.63. The van der Waals surface area contributed by atoms with Crippen LogP contribution in [-0.2, 0) is 9.53 Å². The standard InChI is InChI=1S/C14H18O3S/c1-17-14(16)9-4-3-8-13(15)11-6-5-7-12(10-11)18-2/h5-7,10H,3-4,8-9H2,1-2H3. The molecule has 0 radical (unpaired) electrons. The second kappa shape index (κ2) is 7.93. The van der Waals surface area contributed by atoms with Gasteiger partial charge in [0.2, 0.25) is 0 Å². The Labute approximate surface area is 112 Å². The summed E-state index contributed by atoms with van der Waals surface area (Å²) in [4.78, 5) is 23.9. The molecular weight excluding hydrogens is 248 g/mol. The lowest BCUT2D eigenvalue weighted by atomic mass is 10.0. The van der Waals surface area contributed by atoms with Crippen LogP contribution >= 0.6 is 11.8 Å². The molecule has 3 nitrogen and oxygen atoms in total. The van der Waals surface area contributed by atoms with Gasteiger partial charge in [-0.1, -0.05) is 12.1 Å². The van der Waals surface area contributed by atoms with Crippen LogP contribution in [0.15, 0.2) is 29.2 Å². The van der Waals surface area contributed by atoms with Crippen LogP contribution < -0.4 is 0 Å². The summed E-state index contributed by atoms with van der Waals surface area (Å²) in [6.45, 7) is 0. The second-order valence-corrected chi connectivity index (χ2v) is 4.82. The molecule has 0 saturated carbocycles. The minimum absolute atomic E-state index is 0.135. The summed E-state index contributed by atoms with van der Waals surface area (Å²) in [5.74, 6) is -0.0809. The van der Waals surface area contributed by atoms with Crippen molar-refractivity contribution in [3.8, 4) is 0 Å². The molecule has 0 aromatic heterocycles. The van der Waals surface area contributed by atoms with E-state index in [0.717, 1.165) is 16.9 Å². The number of benzene rings is 1. The van der Waals surface area contributed by atoms with Crippen molar-refractivity contribution in [2.24, 2.45) is 0 Å². The van der Waals surface area contributed by atoms with Crippen LogP contribution in [0.4, 0.5) is 0 Å². The van der Waals surface area contributed by atoms with E-state index in [1.165, 1.54) is 7.11 Å². The van der Waals surface area contributed by atoms with Crippen molar-refractivity contribution in [2.75, 3.05) is 13.4 Å². The van der Waals surface area contributed by atoms with E-state index >= 15 is 0 Å². The van der Waals surface area contributed by atoms with Crippen LogP contribution in [0.3, 0.4) is 0 Å². The average Bonchev–Trinajstić information content (AvgIpc) is 2.43. The fourth-order valence-corrected chi connectivity index (χ4v) is 2.06. The number of ether oxygens (including phenoxy) is 1. The van der Waals surface area contributed by atoms with E-state index in [0.29, 0.717) is 19.3 Å². The van der Waals surface area contributed by atoms with E-state index in [4.69, 9.17) is 0 Å². The molecule has 0 aliphatic heterocycles. The first-order valence-electron chi connectivity index (χ1n) is 5.91. The zero-order valence-electron chi connectivity index (χ0n) is 10.8. The highest BCUT2D eigenvalue weighted by Crippen LogP contribution is 2.17. The number of carbonyl (C=O) groups excluding carboxylic acids is 2. The summed E-state index contributed by atoms with van der Waals surface area (Å²) in [5.41, 5.74) is 0.750. The fraction of sp³-hybridized carbons (Fsp3) is 0.429. The van der Waals surface area contributed by atoms with Gasteiger partial charge in [0, 0.05) is 23.3 Å². The van der Waals surface area contributed by atoms with Gasteiger partial charge in [0.15, 0.2) is 5.78 Å². The molecule has 0 amide bonds. The van der Waals surface area contributed by atoms with Gasteiger partial charge in [-0.3, -0.25) is 9.59 Å². The number of thioether (sulfide) groups is 1. The third-order valence-corrected chi connectivity index (χ3v) is 3.38. The Hall–Kier alpha value is -1.29. The molecule has 0 bridgehead atoms. The number of carbonyl (C=O) groups is 2. The lowest BCUT2D eigenvalue weighted by molar-refractivity contribution is -0.140. The first-order chi connectivity index (χ1) is 8.67. The third-order valence-electron chi connectivity index (χ3n) is 2.65. The Kier molecular flexibility index (Phi) is 6.50. The van der Waals surface area contributed by atoms with Crippen molar-refractivity contribution in [3.63, 3.8) is 0 Å². The van der Waals surface area contributed by atoms with Gasteiger partial charge in [-0.05, 0) is 31.2 Å². The van der Waals surface area contributed by atoms with Crippen LogP contribution in [0.1, 0.15) is 36.0 Å². The molecule has 0 spiro atoms. The van der Waals surface area contributed by atoms with Crippen LogP contribution in [-0.4, -0.2) is 25.1 Å². The van der Waals surface area contributed by atoms with E-state index < -0.39 is 0 Å². The highest BCUT2D eigenvalue weighted by molar-refractivity contribution is 7.98. The fourth-order valence-electron chi connectivity index (χ4n) is 1.60. The van der Waals surface area contributed by atoms with E-state index in [1.54, 1.807) is 11.8 Å². The van der Waals surface area contributed by atoms with Gasteiger partial charge < -0.3 is 4.74 Å². The van der Waals surface area contributed by atoms with Crippen molar-refractivity contribution >= 4 is 23.5 Å². The molecule has 0 aliphatic rings. The number of esters is 1. The van der Waals surface area contributed by atoms with E-state index in [2.05, 4.69) is 4.74 Å². The van der Waals surface area contributed by atoms with Gasteiger partial charge in [0.25, 0.3) is 0 Å². The molecule has 0 heterocycles. The maximum Gasteiger partial charge on any atom is 0.305 e. The summed E-state index contributed by atoms with van der Waals surface area (Å²) in [7, 11) is 1.38. The zero-order valence-corrected chi connectivity index (χ0v) is 11.6. The lowest BCUT2D eigenvalue weighted by Crippen LogP contribution is -2.02. The largest absolute Gasteiger partial charge is 0.469 e. The second-order valence-electron chi connectivity index (χ2n) is 3.94. The Morgan fingerprint density at radius 3 is 2.61 bits per heavy atom. The molecule has 98 valence electrons. The minimum atomic E-state index is -0.216. The Bertz CT molecular complexity index is 415. The van der Waals surface area contributed by atoms with Gasteiger partial charge >= 0.3 is 5.97 Å². The summed E-state index contributed by atoms with van der Waals surface area (Å²) < 4.78 is 4.55. The Morgan fingerprint density at radius 2 is 1.94 bits per heavy atom. The first-order valence-corrected chi connectivity index (χ1v) is 7.14. The highest BCUT2D eigenvalue weighted by atomic mass is 32.2. The molecule has 0 N–H and O–H groups in total. The maximum atomic E-state index is 11.9. The number of ketones is 1. The quantitative estimate of drug-likeness (QED) is 0.328. The predicted molar refractivity (Wildman–Crippen MR) is 73.0 cm³/mol. The van der Waals surface area contributed by atoms with Crippen molar-refractivity contribution < 1.29 is 14.3 Å². The number of rotatable bonds is 7.